The van der Waals surface area contributed by atoms with Crippen molar-refractivity contribution in [2.24, 2.45) is 0 Å². The first-order valence-corrected chi connectivity index (χ1v) is 13.1. The minimum Gasteiger partial charge on any atom is -0.422 e. The van der Waals surface area contributed by atoms with E-state index in [-0.39, 0.29) is 17.5 Å². The standard InChI is InChI=1S/C24H20Cl2N4O3S/c25-19-9-10-20(21(26)16-19)23-22(18-7-5-17(6-8-18)4-2-1-3-11-27)28-24(33-23)29-30-12-14-34(31,32)15-13-30/h5-10,16H,1,3,12-15H2,(H,28,29). The van der Waals surface area contributed by atoms with Gasteiger partial charge in [-0.3, -0.25) is 5.43 Å². The number of anilines is 1. The molecule has 1 aromatic heterocycles. The van der Waals surface area contributed by atoms with Gasteiger partial charge in [0.1, 0.15) is 5.69 Å². The van der Waals surface area contributed by atoms with Crippen molar-refractivity contribution in [3.05, 3.63) is 58.1 Å². The molecule has 0 radical (unpaired) electrons. The van der Waals surface area contributed by atoms with Crippen LogP contribution < -0.4 is 5.43 Å². The van der Waals surface area contributed by atoms with Crippen LogP contribution in [0.2, 0.25) is 10.0 Å². The molecule has 174 valence electrons. The molecule has 0 spiro atoms. The number of nitrogens with zero attached hydrogens (tertiary/aromatic N) is 3. The van der Waals surface area contributed by atoms with Crippen molar-refractivity contribution in [2.75, 3.05) is 30.0 Å². The minimum absolute atomic E-state index is 0.0697. The number of oxazole rings is 1. The average molecular weight is 515 g/mol. The Bertz CT molecular complexity index is 1390. The smallest absolute Gasteiger partial charge is 0.310 e. The lowest BCUT2D eigenvalue weighted by atomic mass is 10.0. The molecule has 34 heavy (non-hydrogen) atoms. The molecule has 0 unspecified atom stereocenters. The Balaban J connectivity index is 1.66. The Kier molecular flexibility index (Phi) is 7.45. The number of rotatable bonds is 5. The van der Waals surface area contributed by atoms with Gasteiger partial charge in [-0.25, -0.2) is 13.4 Å². The van der Waals surface area contributed by atoms with E-state index >= 15 is 0 Å². The van der Waals surface area contributed by atoms with Crippen LogP contribution in [0.15, 0.2) is 46.9 Å². The summed E-state index contributed by atoms with van der Waals surface area (Å²) in [6.07, 6.45) is 0.918. The zero-order valence-electron chi connectivity index (χ0n) is 18.0. The third-order valence-electron chi connectivity index (χ3n) is 5.15. The van der Waals surface area contributed by atoms with Crippen molar-refractivity contribution in [2.45, 2.75) is 12.8 Å². The summed E-state index contributed by atoms with van der Waals surface area (Å²) in [5, 5.41) is 11.3. The Morgan fingerprint density at radius 1 is 1.09 bits per heavy atom. The Hall–Kier alpha value is -3.01. The molecule has 2 aromatic carbocycles. The summed E-state index contributed by atoms with van der Waals surface area (Å²) in [7, 11) is -3.01. The maximum Gasteiger partial charge on any atom is 0.310 e. The van der Waals surface area contributed by atoms with E-state index in [1.54, 1.807) is 23.2 Å². The topological polar surface area (TPSA) is 99.2 Å². The number of aromatic nitrogens is 1. The van der Waals surface area contributed by atoms with Gasteiger partial charge in [-0.1, -0.05) is 47.2 Å². The summed E-state index contributed by atoms with van der Waals surface area (Å²) in [6.45, 7) is 0.659. The number of benzene rings is 2. The number of hydrogen-bond acceptors (Lipinski definition) is 7. The van der Waals surface area contributed by atoms with Crippen molar-refractivity contribution in [3.63, 3.8) is 0 Å². The molecule has 1 N–H and O–H groups in total. The largest absolute Gasteiger partial charge is 0.422 e. The van der Waals surface area contributed by atoms with Gasteiger partial charge in [0.2, 0.25) is 0 Å². The van der Waals surface area contributed by atoms with Crippen LogP contribution >= 0.6 is 23.2 Å². The van der Waals surface area contributed by atoms with E-state index in [1.807, 2.05) is 24.3 Å². The highest BCUT2D eigenvalue weighted by Gasteiger charge is 2.24. The summed E-state index contributed by atoms with van der Waals surface area (Å²) in [4.78, 5) is 4.63. The van der Waals surface area contributed by atoms with Crippen LogP contribution in [-0.4, -0.2) is 43.0 Å². The minimum atomic E-state index is -3.01. The Morgan fingerprint density at radius 2 is 1.82 bits per heavy atom. The van der Waals surface area contributed by atoms with E-state index in [0.717, 1.165) is 11.1 Å². The maximum atomic E-state index is 11.7. The summed E-state index contributed by atoms with van der Waals surface area (Å²) in [5.74, 6) is 6.61. The summed E-state index contributed by atoms with van der Waals surface area (Å²) in [6, 6.07) is 14.9. The third kappa shape index (κ3) is 5.91. The molecule has 1 aliphatic heterocycles. The molecule has 1 fully saturated rings. The van der Waals surface area contributed by atoms with Crippen molar-refractivity contribution >= 4 is 39.1 Å². The van der Waals surface area contributed by atoms with Gasteiger partial charge >= 0.3 is 6.01 Å². The zero-order valence-corrected chi connectivity index (χ0v) is 20.3. The fourth-order valence-electron chi connectivity index (χ4n) is 3.37. The predicted molar refractivity (Wildman–Crippen MR) is 133 cm³/mol. The number of sulfone groups is 1. The van der Waals surface area contributed by atoms with Gasteiger partial charge in [-0.15, -0.1) is 0 Å². The normalized spacial score (nSPS) is 15.2. The molecule has 0 saturated carbocycles. The highest BCUT2D eigenvalue weighted by molar-refractivity contribution is 7.91. The first-order chi connectivity index (χ1) is 16.3. The van der Waals surface area contributed by atoms with Gasteiger partial charge in [0.15, 0.2) is 15.6 Å². The van der Waals surface area contributed by atoms with Crippen LogP contribution in [0.3, 0.4) is 0 Å². The molecular weight excluding hydrogens is 495 g/mol. The second-order valence-electron chi connectivity index (χ2n) is 7.61. The quantitative estimate of drug-likeness (QED) is 0.376. The molecule has 10 heteroatoms. The van der Waals surface area contributed by atoms with Gasteiger partial charge in [0, 0.05) is 47.6 Å². The van der Waals surface area contributed by atoms with E-state index < -0.39 is 9.84 Å². The van der Waals surface area contributed by atoms with Crippen LogP contribution in [0.5, 0.6) is 0 Å². The SMILES string of the molecule is N#CCCC#Cc1ccc(-c2nc(NN3CCS(=O)(=O)CC3)oc2-c2ccc(Cl)cc2Cl)cc1. The second kappa shape index (κ2) is 10.5. The van der Waals surface area contributed by atoms with Gasteiger partial charge in [-0.2, -0.15) is 10.2 Å². The van der Waals surface area contributed by atoms with Crippen LogP contribution in [0, 0.1) is 23.2 Å². The van der Waals surface area contributed by atoms with Crippen molar-refractivity contribution in [1.29, 1.82) is 5.26 Å². The number of hydrazine groups is 1. The molecule has 2 heterocycles. The summed E-state index contributed by atoms with van der Waals surface area (Å²) < 4.78 is 29.5. The number of nitriles is 1. The van der Waals surface area contributed by atoms with Crippen LogP contribution in [-0.2, 0) is 9.84 Å². The van der Waals surface area contributed by atoms with Crippen LogP contribution in [0.1, 0.15) is 18.4 Å². The molecule has 0 atom stereocenters. The number of halogens is 2. The highest BCUT2D eigenvalue weighted by Crippen LogP contribution is 2.39. The number of nitrogens with one attached hydrogen (secondary N) is 1. The number of unbranched alkanes of at least 4 members (excludes halogenated alkanes) is 1. The van der Waals surface area contributed by atoms with E-state index in [4.69, 9.17) is 32.9 Å². The predicted octanol–water partition coefficient (Wildman–Crippen LogP) is 5.03. The van der Waals surface area contributed by atoms with Crippen LogP contribution in [0.25, 0.3) is 22.6 Å². The molecule has 1 aliphatic rings. The van der Waals surface area contributed by atoms with Crippen molar-refractivity contribution in [1.82, 2.24) is 9.99 Å². The van der Waals surface area contributed by atoms with Gasteiger partial charge < -0.3 is 4.42 Å². The van der Waals surface area contributed by atoms with Crippen molar-refractivity contribution < 1.29 is 12.8 Å². The maximum absolute atomic E-state index is 11.7. The molecule has 0 amide bonds. The van der Waals surface area contributed by atoms with Gasteiger partial charge in [0.25, 0.3) is 0 Å². The Morgan fingerprint density at radius 3 is 2.50 bits per heavy atom. The fraction of sp³-hybridized carbons (Fsp3) is 0.250. The number of hydrogen-bond donors (Lipinski definition) is 1. The molecule has 3 aromatic rings. The molecule has 4 rings (SSSR count). The van der Waals surface area contributed by atoms with E-state index in [2.05, 4.69) is 28.3 Å². The monoisotopic (exact) mass is 514 g/mol. The second-order valence-corrected chi connectivity index (χ2v) is 10.8. The molecule has 0 bridgehead atoms. The third-order valence-corrected chi connectivity index (χ3v) is 7.31. The fourth-order valence-corrected chi connectivity index (χ4v) is 5.07. The van der Waals surface area contributed by atoms with E-state index in [0.29, 0.717) is 53.0 Å². The Labute approximate surface area is 208 Å². The summed E-state index contributed by atoms with van der Waals surface area (Å²) in [5.41, 5.74) is 5.89. The first kappa shape index (κ1) is 24.1. The lowest BCUT2D eigenvalue weighted by molar-refractivity contribution is 0.339. The lowest BCUT2D eigenvalue weighted by Crippen LogP contribution is -2.43. The first-order valence-electron chi connectivity index (χ1n) is 10.5. The molecule has 7 nitrogen and oxygen atoms in total. The van der Waals surface area contributed by atoms with Crippen LogP contribution in [0.4, 0.5) is 6.01 Å². The highest BCUT2D eigenvalue weighted by atomic mass is 35.5. The van der Waals surface area contributed by atoms with Gasteiger partial charge in [0.05, 0.1) is 22.6 Å². The lowest BCUT2D eigenvalue weighted by Gasteiger charge is -2.25. The molecule has 0 aliphatic carbocycles. The average Bonchev–Trinajstić information content (AvgIpc) is 3.22. The molecular formula is C24H20Cl2N4O3S. The van der Waals surface area contributed by atoms with Gasteiger partial charge in [-0.05, 0) is 30.3 Å². The van der Waals surface area contributed by atoms with E-state index in [9.17, 15) is 8.42 Å². The summed E-state index contributed by atoms with van der Waals surface area (Å²) >= 11 is 12.5. The van der Waals surface area contributed by atoms with E-state index in [1.165, 1.54) is 0 Å². The van der Waals surface area contributed by atoms with Crippen molar-refractivity contribution in [3.8, 4) is 40.5 Å². The molecule has 1 saturated heterocycles. The zero-order chi connectivity index (χ0) is 24.1.